The lowest BCUT2D eigenvalue weighted by Crippen LogP contribution is -2.31. The van der Waals surface area contributed by atoms with Crippen molar-refractivity contribution in [2.24, 2.45) is 0 Å². The van der Waals surface area contributed by atoms with Gasteiger partial charge in [-0.2, -0.15) is 0 Å². The van der Waals surface area contributed by atoms with Crippen LogP contribution in [0.4, 0.5) is 0 Å². The molecule has 1 atom stereocenters. The fourth-order valence-electron chi connectivity index (χ4n) is 2.23. The summed E-state index contributed by atoms with van der Waals surface area (Å²) in [4.78, 5) is 22.8. The number of thioether (sulfide) groups is 1. The Labute approximate surface area is 136 Å². The van der Waals surface area contributed by atoms with Gasteiger partial charge in [0.1, 0.15) is 11.1 Å². The topological polar surface area (TPSA) is 46.1 Å². The molecule has 0 aliphatic carbocycles. The molecular formula is C15H14BrN3OS. The Balaban J connectivity index is 1.85. The highest BCUT2D eigenvalue weighted by molar-refractivity contribution is 9.10. The third-order valence-electron chi connectivity index (χ3n) is 3.31. The number of amides is 1. The molecule has 0 saturated carbocycles. The number of nitrogens with zero attached hydrogens (tertiary/aromatic N) is 3. The van der Waals surface area contributed by atoms with Crippen LogP contribution in [0.5, 0.6) is 0 Å². The van der Waals surface area contributed by atoms with E-state index in [0.717, 1.165) is 28.0 Å². The minimum Gasteiger partial charge on any atom is -0.320 e. The summed E-state index contributed by atoms with van der Waals surface area (Å²) in [7, 11) is 0. The zero-order valence-electron chi connectivity index (χ0n) is 11.5. The van der Waals surface area contributed by atoms with Gasteiger partial charge in [0.15, 0.2) is 0 Å². The van der Waals surface area contributed by atoms with Crippen molar-refractivity contribution in [1.82, 2.24) is 14.9 Å². The molecule has 2 aromatic rings. The van der Waals surface area contributed by atoms with Crippen molar-refractivity contribution in [3.05, 3.63) is 58.1 Å². The standard InChI is InChI=1S/C15H14BrN3OS/c1-10-8-18-13(9-17-10)14(20)19-6-7-21-15(19)11-2-4-12(16)5-3-11/h2-5,8-9,15H,6-7H2,1H3. The molecule has 4 nitrogen and oxygen atoms in total. The van der Waals surface area contributed by atoms with Crippen molar-refractivity contribution in [2.75, 3.05) is 12.3 Å². The van der Waals surface area contributed by atoms with Crippen LogP contribution in [0.2, 0.25) is 0 Å². The van der Waals surface area contributed by atoms with Gasteiger partial charge in [-0.25, -0.2) is 4.98 Å². The largest absolute Gasteiger partial charge is 0.320 e. The van der Waals surface area contributed by atoms with Crippen LogP contribution >= 0.6 is 27.7 Å². The Morgan fingerprint density at radius 1 is 1.29 bits per heavy atom. The SMILES string of the molecule is Cc1cnc(C(=O)N2CCSC2c2ccc(Br)cc2)cn1. The number of rotatable bonds is 2. The van der Waals surface area contributed by atoms with Gasteiger partial charge in [0.25, 0.3) is 5.91 Å². The summed E-state index contributed by atoms with van der Waals surface area (Å²) in [6.07, 6.45) is 3.18. The van der Waals surface area contributed by atoms with Gasteiger partial charge in [-0.15, -0.1) is 11.8 Å². The highest BCUT2D eigenvalue weighted by Gasteiger charge is 2.31. The van der Waals surface area contributed by atoms with Crippen molar-refractivity contribution < 1.29 is 4.79 Å². The summed E-state index contributed by atoms with van der Waals surface area (Å²) < 4.78 is 1.04. The molecule has 2 heterocycles. The van der Waals surface area contributed by atoms with E-state index in [1.807, 2.05) is 36.1 Å². The van der Waals surface area contributed by atoms with Crippen molar-refractivity contribution in [1.29, 1.82) is 0 Å². The van der Waals surface area contributed by atoms with E-state index in [4.69, 9.17) is 0 Å². The highest BCUT2D eigenvalue weighted by Crippen LogP contribution is 2.38. The Bertz CT molecular complexity index is 645. The van der Waals surface area contributed by atoms with E-state index in [0.29, 0.717) is 5.69 Å². The predicted molar refractivity (Wildman–Crippen MR) is 87.1 cm³/mol. The Hall–Kier alpha value is -1.40. The smallest absolute Gasteiger partial charge is 0.275 e. The highest BCUT2D eigenvalue weighted by atomic mass is 79.9. The minimum absolute atomic E-state index is 0.0497. The van der Waals surface area contributed by atoms with Crippen LogP contribution in [0.1, 0.15) is 27.1 Å². The van der Waals surface area contributed by atoms with E-state index in [2.05, 4.69) is 25.9 Å². The van der Waals surface area contributed by atoms with Crippen LogP contribution in [0.15, 0.2) is 41.1 Å². The number of carbonyl (C=O) groups is 1. The van der Waals surface area contributed by atoms with E-state index in [1.54, 1.807) is 24.2 Å². The number of aromatic nitrogens is 2. The first-order valence-corrected chi connectivity index (χ1v) is 8.46. The van der Waals surface area contributed by atoms with Crippen LogP contribution in [0, 0.1) is 6.92 Å². The van der Waals surface area contributed by atoms with E-state index in [1.165, 1.54) is 0 Å². The molecule has 0 N–H and O–H groups in total. The second-order valence-electron chi connectivity index (χ2n) is 4.82. The van der Waals surface area contributed by atoms with Gasteiger partial charge in [-0.05, 0) is 24.6 Å². The first kappa shape index (κ1) is 14.5. The lowest BCUT2D eigenvalue weighted by atomic mass is 10.2. The van der Waals surface area contributed by atoms with Gasteiger partial charge >= 0.3 is 0 Å². The average molecular weight is 364 g/mol. The van der Waals surface area contributed by atoms with Crippen LogP contribution in [0.3, 0.4) is 0 Å². The van der Waals surface area contributed by atoms with Crippen molar-refractivity contribution in [2.45, 2.75) is 12.3 Å². The van der Waals surface area contributed by atoms with Crippen molar-refractivity contribution in [3.8, 4) is 0 Å². The van der Waals surface area contributed by atoms with Gasteiger partial charge in [0.05, 0.1) is 11.9 Å². The summed E-state index contributed by atoms with van der Waals surface area (Å²) in [5, 5.41) is 0.0497. The zero-order valence-corrected chi connectivity index (χ0v) is 13.9. The van der Waals surface area contributed by atoms with Crippen LogP contribution in [0.25, 0.3) is 0 Å². The summed E-state index contributed by atoms with van der Waals surface area (Å²) in [5.41, 5.74) is 2.35. The van der Waals surface area contributed by atoms with Crippen LogP contribution in [-0.2, 0) is 0 Å². The first-order chi connectivity index (χ1) is 10.1. The third kappa shape index (κ3) is 3.11. The van der Waals surface area contributed by atoms with Crippen LogP contribution < -0.4 is 0 Å². The minimum atomic E-state index is -0.0552. The second kappa shape index (κ2) is 6.15. The first-order valence-electron chi connectivity index (χ1n) is 6.62. The molecule has 1 unspecified atom stereocenters. The molecule has 3 rings (SSSR count). The zero-order chi connectivity index (χ0) is 14.8. The molecule has 0 bridgehead atoms. The maximum Gasteiger partial charge on any atom is 0.275 e. The van der Waals surface area contributed by atoms with Crippen molar-refractivity contribution in [3.63, 3.8) is 0 Å². The molecule has 1 saturated heterocycles. The summed E-state index contributed by atoms with van der Waals surface area (Å²) in [6.45, 7) is 2.59. The van der Waals surface area contributed by atoms with E-state index < -0.39 is 0 Å². The van der Waals surface area contributed by atoms with Gasteiger partial charge < -0.3 is 4.90 Å². The number of halogens is 1. The normalized spacial score (nSPS) is 18.0. The number of benzene rings is 1. The molecule has 108 valence electrons. The molecule has 0 spiro atoms. The molecule has 6 heteroatoms. The van der Waals surface area contributed by atoms with Gasteiger partial charge in [0.2, 0.25) is 0 Å². The van der Waals surface area contributed by atoms with Crippen molar-refractivity contribution >= 4 is 33.6 Å². The molecule has 21 heavy (non-hydrogen) atoms. The summed E-state index contributed by atoms with van der Waals surface area (Å²) in [5.74, 6) is 0.881. The fourth-order valence-corrected chi connectivity index (χ4v) is 3.75. The van der Waals surface area contributed by atoms with E-state index in [9.17, 15) is 4.79 Å². The van der Waals surface area contributed by atoms with Gasteiger partial charge in [0, 0.05) is 23.0 Å². The second-order valence-corrected chi connectivity index (χ2v) is 6.92. The molecule has 1 aromatic heterocycles. The molecule has 1 amide bonds. The Kier molecular flexibility index (Phi) is 4.26. The third-order valence-corrected chi connectivity index (χ3v) is 5.10. The number of aryl methyl sites for hydroxylation is 1. The molecule has 0 radical (unpaired) electrons. The number of hydrogen-bond donors (Lipinski definition) is 0. The lowest BCUT2D eigenvalue weighted by molar-refractivity contribution is 0.0754. The fraction of sp³-hybridized carbons (Fsp3) is 0.267. The summed E-state index contributed by atoms with van der Waals surface area (Å²) in [6, 6.07) is 8.10. The molecule has 1 aliphatic rings. The Morgan fingerprint density at radius 3 is 2.71 bits per heavy atom. The predicted octanol–water partition coefficient (Wildman–Crippen LogP) is 3.44. The maximum atomic E-state index is 12.6. The van der Waals surface area contributed by atoms with Gasteiger partial charge in [-0.1, -0.05) is 28.1 Å². The number of hydrogen-bond acceptors (Lipinski definition) is 4. The Morgan fingerprint density at radius 2 is 2.05 bits per heavy atom. The van der Waals surface area contributed by atoms with Crippen LogP contribution in [-0.4, -0.2) is 33.1 Å². The number of carbonyl (C=O) groups excluding carboxylic acids is 1. The summed E-state index contributed by atoms with van der Waals surface area (Å²) >= 11 is 5.21. The maximum absolute atomic E-state index is 12.6. The van der Waals surface area contributed by atoms with Gasteiger partial charge in [-0.3, -0.25) is 9.78 Å². The molecule has 1 aromatic carbocycles. The molecule has 1 aliphatic heterocycles. The lowest BCUT2D eigenvalue weighted by Gasteiger charge is -2.23. The van der Waals surface area contributed by atoms with E-state index in [-0.39, 0.29) is 11.3 Å². The molecule has 1 fully saturated rings. The van der Waals surface area contributed by atoms with E-state index >= 15 is 0 Å². The average Bonchev–Trinajstić information content (AvgIpc) is 2.97. The quantitative estimate of drug-likeness (QED) is 0.819. The molecular weight excluding hydrogens is 350 g/mol. The monoisotopic (exact) mass is 363 g/mol.